The fourth-order valence-electron chi connectivity index (χ4n) is 4.09. The maximum absolute atomic E-state index is 2.32. The van der Waals surface area contributed by atoms with Crippen LogP contribution in [-0.4, -0.2) is 0 Å². The van der Waals surface area contributed by atoms with Gasteiger partial charge in [-0.25, -0.2) is 0 Å². The molecule has 3 rings (SSSR count). The number of benzene rings is 1. The molecule has 0 saturated heterocycles. The third kappa shape index (κ3) is 2.41. The molecule has 1 aromatic rings. The minimum absolute atomic E-state index is 0.767. The largest absolute Gasteiger partial charge is 0.0622 e. The molecule has 92 valence electrons. The molecule has 1 aromatic carbocycles. The first-order chi connectivity index (χ1) is 8.38. The third-order valence-corrected chi connectivity index (χ3v) is 5.23. The summed E-state index contributed by atoms with van der Waals surface area (Å²) in [4.78, 5) is 0. The Morgan fingerprint density at radius 1 is 0.765 bits per heavy atom. The summed E-state index contributed by atoms with van der Waals surface area (Å²) in [6.07, 6.45) is 13.4. The quantitative estimate of drug-likeness (QED) is 0.612. The van der Waals surface area contributed by atoms with Crippen LogP contribution in [0.4, 0.5) is 0 Å². The number of hydrogen-bond acceptors (Lipinski definition) is 0. The predicted molar refractivity (Wildman–Crippen MR) is 73.2 cm³/mol. The van der Waals surface area contributed by atoms with Gasteiger partial charge in [0.25, 0.3) is 0 Å². The van der Waals surface area contributed by atoms with E-state index in [2.05, 4.69) is 30.3 Å². The van der Waals surface area contributed by atoms with E-state index in [0.29, 0.717) is 0 Å². The van der Waals surface area contributed by atoms with Gasteiger partial charge in [0.15, 0.2) is 0 Å². The van der Waals surface area contributed by atoms with E-state index < -0.39 is 0 Å². The lowest BCUT2D eigenvalue weighted by Gasteiger charge is -2.43. The third-order valence-electron chi connectivity index (χ3n) is 5.23. The first-order valence-corrected chi connectivity index (χ1v) is 7.43. The lowest BCUT2D eigenvalue weighted by Crippen LogP contribution is -2.29. The van der Waals surface area contributed by atoms with Crippen LogP contribution in [0.25, 0.3) is 0 Å². The molecule has 2 fully saturated rings. The Morgan fingerprint density at radius 3 is 2.06 bits per heavy atom. The fraction of sp³-hybridized carbons (Fsp3) is 0.647. The van der Waals surface area contributed by atoms with Crippen molar-refractivity contribution < 1.29 is 0 Å². The molecule has 0 nitrogen and oxygen atoms in total. The molecular formula is C17H24. The van der Waals surface area contributed by atoms with Crippen molar-refractivity contribution in [2.75, 3.05) is 0 Å². The highest BCUT2D eigenvalue weighted by molar-refractivity contribution is 5.20. The topological polar surface area (TPSA) is 0 Å². The summed E-state index contributed by atoms with van der Waals surface area (Å²) < 4.78 is 0. The molecule has 2 aliphatic rings. The molecule has 0 heteroatoms. The zero-order valence-corrected chi connectivity index (χ0v) is 10.8. The van der Waals surface area contributed by atoms with Gasteiger partial charge in [0, 0.05) is 0 Å². The minimum Gasteiger partial charge on any atom is -0.0622 e. The van der Waals surface area contributed by atoms with Gasteiger partial charge in [-0.15, -0.1) is 0 Å². The molecule has 17 heavy (non-hydrogen) atoms. The van der Waals surface area contributed by atoms with Gasteiger partial charge in [-0.2, -0.15) is 0 Å². The van der Waals surface area contributed by atoms with Crippen LogP contribution in [-0.2, 0) is 0 Å². The second-order valence-electron chi connectivity index (χ2n) is 6.25. The Labute approximate surface area is 105 Å². The Kier molecular flexibility index (Phi) is 3.22. The van der Waals surface area contributed by atoms with E-state index in [1.54, 1.807) is 5.56 Å². The first-order valence-electron chi connectivity index (χ1n) is 7.43. The SMILES string of the molecule is c1ccc(C2CCC3(CCCCC3)CC2)cc1. The summed E-state index contributed by atoms with van der Waals surface area (Å²) in [6.45, 7) is 0. The molecule has 0 heterocycles. The molecule has 0 bridgehead atoms. The molecule has 0 amide bonds. The fourth-order valence-corrected chi connectivity index (χ4v) is 4.09. The van der Waals surface area contributed by atoms with Gasteiger partial charge in [0.1, 0.15) is 0 Å². The van der Waals surface area contributed by atoms with Crippen molar-refractivity contribution in [1.29, 1.82) is 0 Å². The smallest absolute Gasteiger partial charge is 0.0162 e. The first kappa shape index (κ1) is 11.3. The summed E-state index contributed by atoms with van der Waals surface area (Å²) in [6, 6.07) is 11.2. The van der Waals surface area contributed by atoms with Crippen molar-refractivity contribution in [2.24, 2.45) is 5.41 Å². The van der Waals surface area contributed by atoms with E-state index in [9.17, 15) is 0 Å². The second kappa shape index (κ2) is 4.84. The summed E-state index contributed by atoms with van der Waals surface area (Å²) >= 11 is 0. The molecule has 2 saturated carbocycles. The minimum atomic E-state index is 0.767. The van der Waals surface area contributed by atoms with Crippen molar-refractivity contribution in [3.05, 3.63) is 35.9 Å². The summed E-state index contributed by atoms with van der Waals surface area (Å²) in [5.74, 6) is 0.851. The number of rotatable bonds is 1. The van der Waals surface area contributed by atoms with Gasteiger partial charge in [-0.1, -0.05) is 49.6 Å². The van der Waals surface area contributed by atoms with E-state index in [1.165, 1.54) is 57.8 Å². The standard InChI is InChI=1S/C17H24/c1-3-7-15(8-4-1)16-9-13-17(14-10-16)11-5-2-6-12-17/h1,3-4,7-8,16H,2,5-6,9-14H2. The molecule has 0 aliphatic heterocycles. The molecular weight excluding hydrogens is 204 g/mol. The van der Waals surface area contributed by atoms with E-state index >= 15 is 0 Å². The molecule has 1 spiro atoms. The molecule has 0 aromatic heterocycles. The van der Waals surface area contributed by atoms with Gasteiger partial charge in [0.2, 0.25) is 0 Å². The lowest BCUT2D eigenvalue weighted by molar-refractivity contribution is 0.114. The average Bonchev–Trinajstić information content (AvgIpc) is 2.42. The molecule has 0 N–H and O–H groups in total. The van der Waals surface area contributed by atoms with E-state index in [0.717, 1.165) is 11.3 Å². The Balaban J connectivity index is 1.64. The molecule has 0 atom stereocenters. The summed E-state index contributed by atoms with van der Waals surface area (Å²) in [5.41, 5.74) is 2.35. The normalized spacial score (nSPS) is 24.9. The maximum atomic E-state index is 2.32. The summed E-state index contributed by atoms with van der Waals surface area (Å²) in [7, 11) is 0. The van der Waals surface area contributed by atoms with Crippen LogP contribution in [0.1, 0.15) is 69.3 Å². The van der Waals surface area contributed by atoms with Crippen LogP contribution in [0, 0.1) is 5.41 Å². The highest BCUT2D eigenvalue weighted by Crippen LogP contribution is 2.50. The van der Waals surface area contributed by atoms with Crippen molar-refractivity contribution in [3.8, 4) is 0 Å². The van der Waals surface area contributed by atoms with Crippen molar-refractivity contribution in [2.45, 2.75) is 63.7 Å². The van der Waals surface area contributed by atoms with E-state index in [-0.39, 0.29) is 0 Å². The zero-order chi connectivity index (χ0) is 11.6. The number of hydrogen-bond donors (Lipinski definition) is 0. The van der Waals surface area contributed by atoms with Crippen LogP contribution < -0.4 is 0 Å². The monoisotopic (exact) mass is 228 g/mol. The predicted octanol–water partition coefficient (Wildman–Crippen LogP) is 5.29. The molecule has 2 aliphatic carbocycles. The Bertz CT molecular complexity index is 336. The van der Waals surface area contributed by atoms with Crippen LogP contribution in [0.5, 0.6) is 0 Å². The van der Waals surface area contributed by atoms with Gasteiger partial charge < -0.3 is 0 Å². The van der Waals surface area contributed by atoms with Crippen LogP contribution >= 0.6 is 0 Å². The van der Waals surface area contributed by atoms with Crippen molar-refractivity contribution in [3.63, 3.8) is 0 Å². The maximum Gasteiger partial charge on any atom is -0.0162 e. The van der Waals surface area contributed by atoms with Crippen LogP contribution in [0.15, 0.2) is 30.3 Å². The van der Waals surface area contributed by atoms with Crippen LogP contribution in [0.3, 0.4) is 0 Å². The van der Waals surface area contributed by atoms with E-state index in [1.807, 2.05) is 0 Å². The Morgan fingerprint density at radius 2 is 1.41 bits per heavy atom. The highest BCUT2D eigenvalue weighted by Gasteiger charge is 2.36. The van der Waals surface area contributed by atoms with Gasteiger partial charge >= 0.3 is 0 Å². The molecule has 0 radical (unpaired) electrons. The van der Waals surface area contributed by atoms with Crippen molar-refractivity contribution in [1.82, 2.24) is 0 Å². The van der Waals surface area contributed by atoms with Gasteiger partial charge in [-0.3, -0.25) is 0 Å². The lowest BCUT2D eigenvalue weighted by atomic mass is 9.62. The average molecular weight is 228 g/mol. The Hall–Kier alpha value is -0.780. The molecule has 0 unspecified atom stereocenters. The van der Waals surface area contributed by atoms with Gasteiger partial charge in [0.05, 0.1) is 0 Å². The zero-order valence-electron chi connectivity index (χ0n) is 10.8. The second-order valence-corrected chi connectivity index (χ2v) is 6.25. The van der Waals surface area contributed by atoms with E-state index in [4.69, 9.17) is 0 Å². The summed E-state index contributed by atoms with van der Waals surface area (Å²) in [5, 5.41) is 0. The van der Waals surface area contributed by atoms with Crippen LogP contribution in [0.2, 0.25) is 0 Å². The highest BCUT2D eigenvalue weighted by atomic mass is 14.4. The van der Waals surface area contributed by atoms with Crippen molar-refractivity contribution >= 4 is 0 Å². The van der Waals surface area contributed by atoms with Gasteiger partial charge in [-0.05, 0) is 55.4 Å².